The van der Waals surface area contributed by atoms with Crippen LogP contribution in [0, 0.1) is 11.7 Å². The molecule has 2 N–H and O–H groups in total. The summed E-state index contributed by atoms with van der Waals surface area (Å²) >= 11 is 5.31. The SMILES string of the molecule is Cc1ccc(-c2nn(-c3ccccc3)cc2C(=O)NCc2n[nH]c(=S)n2C2CC2)o1. The van der Waals surface area contributed by atoms with Crippen LogP contribution in [0.2, 0.25) is 0 Å². The van der Waals surface area contributed by atoms with Gasteiger partial charge in [-0.05, 0) is 56.2 Å². The van der Waals surface area contributed by atoms with Crippen LogP contribution in [0.3, 0.4) is 0 Å². The highest BCUT2D eigenvalue weighted by Gasteiger charge is 2.28. The molecule has 1 aliphatic carbocycles. The van der Waals surface area contributed by atoms with Crippen LogP contribution in [-0.4, -0.2) is 30.5 Å². The average molecular weight is 420 g/mol. The first-order valence-electron chi connectivity index (χ1n) is 9.76. The number of nitrogens with one attached hydrogen (secondary N) is 2. The fourth-order valence-electron chi connectivity index (χ4n) is 3.42. The number of hydrogen-bond acceptors (Lipinski definition) is 5. The summed E-state index contributed by atoms with van der Waals surface area (Å²) in [6, 6.07) is 13.7. The molecule has 0 aliphatic heterocycles. The number of rotatable bonds is 6. The molecular formula is C21H20N6O2S. The highest BCUT2D eigenvalue weighted by molar-refractivity contribution is 7.71. The lowest BCUT2D eigenvalue weighted by atomic mass is 10.2. The van der Waals surface area contributed by atoms with E-state index in [1.54, 1.807) is 10.9 Å². The van der Waals surface area contributed by atoms with Crippen LogP contribution in [0.5, 0.6) is 0 Å². The second kappa shape index (κ2) is 7.42. The summed E-state index contributed by atoms with van der Waals surface area (Å²) in [5.74, 6) is 1.78. The van der Waals surface area contributed by atoms with Gasteiger partial charge in [-0.1, -0.05) is 18.2 Å². The molecule has 0 saturated heterocycles. The molecule has 30 heavy (non-hydrogen) atoms. The maximum absolute atomic E-state index is 13.1. The van der Waals surface area contributed by atoms with Crippen molar-refractivity contribution in [3.05, 3.63) is 70.6 Å². The molecule has 5 rings (SSSR count). The largest absolute Gasteiger partial charge is 0.460 e. The highest BCUT2D eigenvalue weighted by Crippen LogP contribution is 2.35. The number of aromatic amines is 1. The van der Waals surface area contributed by atoms with E-state index in [-0.39, 0.29) is 12.5 Å². The third-order valence-corrected chi connectivity index (χ3v) is 5.34. The molecule has 1 amide bonds. The van der Waals surface area contributed by atoms with E-state index < -0.39 is 0 Å². The Bertz CT molecular complexity index is 1260. The maximum atomic E-state index is 13.1. The standard InChI is InChI=1S/C21H20N6O2S/c1-13-7-10-17(29-13)19-16(12-26(25-19)14-5-3-2-4-6-14)20(28)22-11-18-23-24-21(30)27(18)15-8-9-15/h2-7,10,12,15H,8-9,11H2,1H3,(H,22,28)(H,24,30). The smallest absolute Gasteiger partial charge is 0.255 e. The quantitative estimate of drug-likeness (QED) is 0.461. The van der Waals surface area contributed by atoms with Gasteiger partial charge in [0.05, 0.1) is 17.8 Å². The minimum absolute atomic E-state index is 0.252. The van der Waals surface area contributed by atoms with Gasteiger partial charge in [0.15, 0.2) is 16.4 Å². The zero-order chi connectivity index (χ0) is 20.7. The molecule has 1 saturated carbocycles. The van der Waals surface area contributed by atoms with E-state index in [1.165, 1.54) is 0 Å². The van der Waals surface area contributed by atoms with Gasteiger partial charge in [-0.15, -0.1) is 0 Å². The van der Waals surface area contributed by atoms with E-state index in [9.17, 15) is 4.79 Å². The van der Waals surface area contributed by atoms with Crippen molar-refractivity contribution in [1.29, 1.82) is 0 Å². The van der Waals surface area contributed by atoms with Crippen molar-refractivity contribution in [2.45, 2.75) is 32.4 Å². The molecule has 1 fully saturated rings. The van der Waals surface area contributed by atoms with Gasteiger partial charge < -0.3 is 9.73 Å². The lowest BCUT2D eigenvalue weighted by Crippen LogP contribution is -2.25. The Labute approximate surface area is 177 Å². The molecule has 0 radical (unpaired) electrons. The third-order valence-electron chi connectivity index (χ3n) is 5.05. The lowest BCUT2D eigenvalue weighted by molar-refractivity contribution is 0.0950. The number of aromatic nitrogens is 5. The third kappa shape index (κ3) is 3.48. The average Bonchev–Trinajstić information content (AvgIpc) is 3.16. The molecule has 152 valence electrons. The van der Waals surface area contributed by atoms with Crippen molar-refractivity contribution in [3.63, 3.8) is 0 Å². The molecule has 0 unspecified atom stereocenters. The number of amides is 1. The summed E-state index contributed by atoms with van der Waals surface area (Å²) in [6.45, 7) is 2.13. The maximum Gasteiger partial charge on any atom is 0.255 e. The number of carbonyl (C=O) groups excluding carboxylic acids is 1. The molecule has 3 aromatic heterocycles. The van der Waals surface area contributed by atoms with Gasteiger partial charge in [0.2, 0.25) is 0 Å². The number of aryl methyl sites for hydroxylation is 1. The highest BCUT2D eigenvalue weighted by atomic mass is 32.1. The van der Waals surface area contributed by atoms with Crippen LogP contribution < -0.4 is 5.32 Å². The summed E-state index contributed by atoms with van der Waals surface area (Å²) in [7, 11) is 0. The minimum atomic E-state index is -0.252. The lowest BCUT2D eigenvalue weighted by Gasteiger charge is -2.06. The summed E-state index contributed by atoms with van der Waals surface area (Å²) in [5.41, 5.74) is 1.78. The van der Waals surface area contributed by atoms with Crippen molar-refractivity contribution in [2.75, 3.05) is 0 Å². The topological polar surface area (TPSA) is 93.7 Å². The van der Waals surface area contributed by atoms with Crippen molar-refractivity contribution >= 4 is 18.1 Å². The van der Waals surface area contributed by atoms with Crippen LogP contribution in [0.4, 0.5) is 0 Å². The van der Waals surface area contributed by atoms with Crippen molar-refractivity contribution in [3.8, 4) is 17.1 Å². The fraction of sp³-hybridized carbons (Fsp3) is 0.238. The monoisotopic (exact) mass is 420 g/mol. The number of hydrogen-bond donors (Lipinski definition) is 2. The van der Waals surface area contributed by atoms with Crippen LogP contribution in [0.1, 0.15) is 40.8 Å². The Morgan fingerprint density at radius 1 is 1.27 bits per heavy atom. The van der Waals surface area contributed by atoms with E-state index in [4.69, 9.17) is 16.6 Å². The van der Waals surface area contributed by atoms with Crippen LogP contribution in [0.15, 0.2) is 53.1 Å². The van der Waals surface area contributed by atoms with Crippen LogP contribution in [0.25, 0.3) is 17.1 Å². The van der Waals surface area contributed by atoms with E-state index in [0.717, 1.165) is 30.1 Å². The van der Waals surface area contributed by atoms with Gasteiger partial charge in [0.25, 0.3) is 5.91 Å². The Kier molecular flexibility index (Phi) is 4.59. The van der Waals surface area contributed by atoms with E-state index in [2.05, 4.69) is 20.6 Å². The van der Waals surface area contributed by atoms with E-state index >= 15 is 0 Å². The first-order valence-corrected chi connectivity index (χ1v) is 10.2. The van der Waals surface area contributed by atoms with E-state index in [0.29, 0.717) is 27.8 Å². The zero-order valence-corrected chi connectivity index (χ0v) is 17.1. The Balaban J connectivity index is 1.45. The van der Waals surface area contributed by atoms with E-state index in [1.807, 2.05) is 54.0 Å². The number of H-pyrrole nitrogens is 1. The molecule has 1 aliphatic rings. The fourth-order valence-corrected chi connectivity index (χ4v) is 3.72. The number of nitrogens with zero attached hydrogens (tertiary/aromatic N) is 4. The predicted molar refractivity (Wildman–Crippen MR) is 113 cm³/mol. The second-order valence-electron chi connectivity index (χ2n) is 7.31. The van der Waals surface area contributed by atoms with Crippen molar-refractivity contribution in [1.82, 2.24) is 29.9 Å². The minimum Gasteiger partial charge on any atom is -0.460 e. The number of furan rings is 1. The van der Waals surface area contributed by atoms with Gasteiger partial charge in [0.1, 0.15) is 11.5 Å². The van der Waals surface area contributed by atoms with Gasteiger partial charge in [-0.2, -0.15) is 10.2 Å². The molecule has 0 spiro atoms. The Hall–Kier alpha value is -3.46. The van der Waals surface area contributed by atoms with Crippen molar-refractivity contribution in [2.24, 2.45) is 0 Å². The first-order chi connectivity index (χ1) is 14.6. The zero-order valence-electron chi connectivity index (χ0n) is 16.3. The molecule has 0 atom stereocenters. The Morgan fingerprint density at radius 2 is 2.07 bits per heavy atom. The summed E-state index contributed by atoms with van der Waals surface area (Å²) < 4.78 is 10.0. The molecule has 4 aromatic rings. The molecular weight excluding hydrogens is 400 g/mol. The van der Waals surface area contributed by atoms with Gasteiger partial charge in [0, 0.05) is 12.2 Å². The van der Waals surface area contributed by atoms with Crippen LogP contribution >= 0.6 is 12.2 Å². The van der Waals surface area contributed by atoms with Gasteiger partial charge in [-0.3, -0.25) is 14.5 Å². The number of carbonyl (C=O) groups is 1. The summed E-state index contributed by atoms with van der Waals surface area (Å²) in [5, 5.41) is 14.7. The van der Waals surface area contributed by atoms with Crippen molar-refractivity contribution < 1.29 is 9.21 Å². The molecule has 9 heteroatoms. The first kappa shape index (κ1) is 18.6. The molecule has 8 nitrogen and oxygen atoms in total. The second-order valence-corrected chi connectivity index (χ2v) is 7.70. The Morgan fingerprint density at radius 3 is 2.77 bits per heavy atom. The molecule has 1 aromatic carbocycles. The summed E-state index contributed by atoms with van der Waals surface area (Å²) in [6.07, 6.45) is 3.89. The number of para-hydroxylation sites is 1. The molecule has 3 heterocycles. The normalized spacial score (nSPS) is 13.5. The summed E-state index contributed by atoms with van der Waals surface area (Å²) in [4.78, 5) is 13.1. The number of benzene rings is 1. The predicted octanol–water partition coefficient (Wildman–Crippen LogP) is 3.96. The molecule has 0 bridgehead atoms. The van der Waals surface area contributed by atoms with Gasteiger partial charge in [-0.25, -0.2) is 4.68 Å². The van der Waals surface area contributed by atoms with Crippen LogP contribution in [-0.2, 0) is 6.54 Å². The van der Waals surface area contributed by atoms with Gasteiger partial charge >= 0.3 is 0 Å².